The molecule has 1 aromatic rings. The van der Waals surface area contributed by atoms with Crippen molar-refractivity contribution < 1.29 is 4.79 Å². The van der Waals surface area contributed by atoms with Crippen LogP contribution >= 0.6 is 11.8 Å². The molecule has 1 aliphatic carbocycles. The Hall–Kier alpha value is -1.16. The fourth-order valence-electron chi connectivity index (χ4n) is 2.64. The molecule has 2 rings (SSSR count). The Labute approximate surface area is 125 Å². The summed E-state index contributed by atoms with van der Waals surface area (Å²) in [6.45, 7) is 0. The smallest absolute Gasteiger partial charge is 0.232 e. The Morgan fingerprint density at radius 2 is 1.90 bits per heavy atom. The highest BCUT2D eigenvalue weighted by Gasteiger charge is 2.21. The Morgan fingerprint density at radius 1 is 1.25 bits per heavy atom. The van der Waals surface area contributed by atoms with E-state index in [4.69, 9.17) is 5.73 Å². The van der Waals surface area contributed by atoms with Crippen molar-refractivity contribution in [2.45, 2.75) is 43.9 Å². The molecule has 0 atom stereocenters. The number of hydrogen-bond donors (Lipinski definition) is 1. The molecule has 0 heterocycles. The van der Waals surface area contributed by atoms with Crippen LogP contribution in [-0.4, -0.2) is 29.6 Å². The molecule has 1 amide bonds. The van der Waals surface area contributed by atoms with E-state index in [1.54, 1.807) is 11.8 Å². The van der Waals surface area contributed by atoms with E-state index < -0.39 is 0 Å². The second-order valence-corrected chi connectivity index (χ2v) is 6.52. The third-order valence-electron chi connectivity index (χ3n) is 3.99. The summed E-state index contributed by atoms with van der Waals surface area (Å²) in [5, 5.41) is 0. The van der Waals surface area contributed by atoms with Gasteiger partial charge in [-0.2, -0.15) is 0 Å². The van der Waals surface area contributed by atoms with Crippen molar-refractivity contribution in [1.29, 1.82) is 0 Å². The monoisotopic (exact) mass is 292 g/mol. The Balaban J connectivity index is 1.72. The maximum Gasteiger partial charge on any atom is 0.232 e. The van der Waals surface area contributed by atoms with E-state index in [9.17, 15) is 4.79 Å². The number of nitrogens with zero attached hydrogens (tertiary/aromatic N) is 1. The molecular formula is C16H24N2OS. The second kappa shape index (κ2) is 7.58. The van der Waals surface area contributed by atoms with Gasteiger partial charge in [-0.25, -0.2) is 0 Å². The molecule has 1 fully saturated rings. The molecular weight excluding hydrogens is 268 g/mol. The molecule has 3 nitrogen and oxygen atoms in total. The maximum atomic E-state index is 12.2. The number of benzene rings is 1. The van der Waals surface area contributed by atoms with Crippen LogP contribution in [0.25, 0.3) is 0 Å². The lowest BCUT2D eigenvalue weighted by Gasteiger charge is -2.31. The van der Waals surface area contributed by atoms with E-state index in [1.165, 1.54) is 37.7 Å². The fourth-order valence-corrected chi connectivity index (χ4v) is 3.55. The molecule has 0 bridgehead atoms. The summed E-state index contributed by atoms with van der Waals surface area (Å²) >= 11 is 1.68. The molecule has 0 aromatic heterocycles. The van der Waals surface area contributed by atoms with E-state index in [2.05, 4.69) is 0 Å². The van der Waals surface area contributed by atoms with Crippen LogP contribution in [0.5, 0.6) is 0 Å². The van der Waals surface area contributed by atoms with Gasteiger partial charge in [0.2, 0.25) is 5.91 Å². The van der Waals surface area contributed by atoms with Crippen molar-refractivity contribution in [3.8, 4) is 0 Å². The first-order valence-corrected chi connectivity index (χ1v) is 8.50. The van der Waals surface area contributed by atoms with E-state index in [1.807, 2.05) is 36.2 Å². The van der Waals surface area contributed by atoms with Gasteiger partial charge in [0, 0.05) is 24.5 Å². The van der Waals surface area contributed by atoms with Crippen molar-refractivity contribution in [3.05, 3.63) is 29.8 Å². The van der Waals surface area contributed by atoms with Gasteiger partial charge in [0.25, 0.3) is 0 Å². The largest absolute Gasteiger partial charge is 0.399 e. The van der Waals surface area contributed by atoms with Crippen molar-refractivity contribution in [3.63, 3.8) is 0 Å². The van der Waals surface area contributed by atoms with E-state index in [-0.39, 0.29) is 5.91 Å². The number of amides is 1. The van der Waals surface area contributed by atoms with Gasteiger partial charge in [-0.3, -0.25) is 4.79 Å². The summed E-state index contributed by atoms with van der Waals surface area (Å²) in [5.41, 5.74) is 7.66. The molecule has 0 saturated heterocycles. The van der Waals surface area contributed by atoms with Crippen LogP contribution in [0, 0.1) is 0 Å². The highest BCUT2D eigenvalue weighted by molar-refractivity contribution is 7.99. The van der Waals surface area contributed by atoms with Crippen LogP contribution in [0.15, 0.2) is 24.3 Å². The number of nitrogen functional groups attached to an aromatic ring is 1. The predicted octanol–water partition coefficient (Wildman–Crippen LogP) is 3.29. The molecule has 110 valence electrons. The van der Waals surface area contributed by atoms with Crippen LogP contribution in [0.2, 0.25) is 0 Å². The van der Waals surface area contributed by atoms with Gasteiger partial charge in [0.05, 0.1) is 5.75 Å². The Kier molecular flexibility index (Phi) is 5.77. The van der Waals surface area contributed by atoms with Gasteiger partial charge in [0.15, 0.2) is 0 Å². The maximum absolute atomic E-state index is 12.2. The molecule has 20 heavy (non-hydrogen) atoms. The van der Waals surface area contributed by atoms with Gasteiger partial charge in [-0.05, 0) is 30.5 Å². The van der Waals surface area contributed by atoms with Crippen LogP contribution in [0.3, 0.4) is 0 Å². The number of hydrogen-bond acceptors (Lipinski definition) is 3. The Bertz CT molecular complexity index is 427. The minimum atomic E-state index is 0.261. The fraction of sp³-hybridized carbons (Fsp3) is 0.562. The van der Waals surface area contributed by atoms with Gasteiger partial charge in [-0.1, -0.05) is 31.4 Å². The summed E-state index contributed by atoms with van der Waals surface area (Å²) in [4.78, 5) is 14.1. The summed E-state index contributed by atoms with van der Waals surface area (Å²) in [6.07, 6.45) is 6.20. The number of nitrogens with two attached hydrogens (primary N) is 1. The average molecular weight is 292 g/mol. The summed E-state index contributed by atoms with van der Waals surface area (Å²) in [6, 6.07) is 8.33. The van der Waals surface area contributed by atoms with Gasteiger partial charge in [-0.15, -0.1) is 11.8 Å². The van der Waals surface area contributed by atoms with Gasteiger partial charge >= 0.3 is 0 Å². The third kappa shape index (κ3) is 4.44. The van der Waals surface area contributed by atoms with Crippen LogP contribution in [0.4, 0.5) is 5.69 Å². The molecule has 4 heteroatoms. The molecule has 1 saturated carbocycles. The first-order valence-electron chi connectivity index (χ1n) is 7.34. The van der Waals surface area contributed by atoms with E-state index in [0.717, 1.165) is 11.4 Å². The lowest BCUT2D eigenvalue weighted by molar-refractivity contribution is -0.129. The summed E-state index contributed by atoms with van der Waals surface area (Å²) < 4.78 is 0. The zero-order valence-electron chi connectivity index (χ0n) is 12.2. The highest BCUT2D eigenvalue weighted by Crippen LogP contribution is 2.22. The molecule has 0 spiro atoms. The molecule has 1 aromatic carbocycles. The zero-order chi connectivity index (χ0) is 14.4. The van der Waals surface area contributed by atoms with E-state index >= 15 is 0 Å². The van der Waals surface area contributed by atoms with Crippen LogP contribution in [0.1, 0.15) is 37.7 Å². The Morgan fingerprint density at radius 3 is 2.55 bits per heavy atom. The molecule has 0 aliphatic heterocycles. The van der Waals surface area contributed by atoms with Crippen molar-refractivity contribution in [2.24, 2.45) is 0 Å². The first kappa shape index (κ1) is 15.2. The van der Waals surface area contributed by atoms with Crippen molar-refractivity contribution in [2.75, 3.05) is 18.5 Å². The van der Waals surface area contributed by atoms with Crippen molar-refractivity contribution >= 4 is 23.4 Å². The summed E-state index contributed by atoms with van der Waals surface area (Å²) in [7, 11) is 1.96. The quantitative estimate of drug-likeness (QED) is 0.847. The third-order valence-corrected chi connectivity index (χ3v) is 4.98. The average Bonchev–Trinajstić information content (AvgIpc) is 2.49. The number of carbonyl (C=O) groups excluding carboxylic acids is 1. The molecule has 1 aliphatic rings. The number of anilines is 1. The number of rotatable bonds is 5. The second-order valence-electron chi connectivity index (χ2n) is 5.53. The number of carbonyl (C=O) groups is 1. The minimum absolute atomic E-state index is 0.261. The van der Waals surface area contributed by atoms with Gasteiger partial charge in [0.1, 0.15) is 0 Å². The molecule has 2 N–H and O–H groups in total. The lowest BCUT2D eigenvalue weighted by atomic mass is 9.94. The summed E-state index contributed by atoms with van der Waals surface area (Å²) in [5.74, 6) is 1.69. The predicted molar refractivity (Wildman–Crippen MR) is 86.7 cm³/mol. The van der Waals surface area contributed by atoms with E-state index in [0.29, 0.717) is 11.8 Å². The molecule has 0 unspecified atom stereocenters. The number of thioether (sulfide) groups is 1. The standard InChI is InChI=1S/C16H24N2OS/c1-18(15-5-3-2-4-6-15)16(19)12-20-11-13-7-9-14(17)10-8-13/h7-10,15H,2-6,11-12,17H2,1H3. The highest BCUT2D eigenvalue weighted by atomic mass is 32.2. The topological polar surface area (TPSA) is 46.3 Å². The minimum Gasteiger partial charge on any atom is -0.399 e. The first-order chi connectivity index (χ1) is 9.66. The van der Waals surface area contributed by atoms with Crippen molar-refractivity contribution in [1.82, 2.24) is 4.90 Å². The van der Waals surface area contributed by atoms with Crippen LogP contribution in [-0.2, 0) is 10.5 Å². The SMILES string of the molecule is CN(C(=O)CSCc1ccc(N)cc1)C1CCCCC1. The molecule has 0 radical (unpaired) electrons. The van der Waals surface area contributed by atoms with Gasteiger partial charge < -0.3 is 10.6 Å². The normalized spacial score (nSPS) is 16.1. The van der Waals surface area contributed by atoms with Crippen LogP contribution < -0.4 is 5.73 Å². The lowest BCUT2D eigenvalue weighted by Crippen LogP contribution is -2.39. The zero-order valence-corrected chi connectivity index (χ0v) is 13.0.